The predicted octanol–water partition coefficient (Wildman–Crippen LogP) is 6.32. The number of esters is 2. The van der Waals surface area contributed by atoms with Crippen LogP contribution in [0.1, 0.15) is 101 Å². The number of aromatic nitrogens is 1. The van der Waals surface area contributed by atoms with E-state index in [4.69, 9.17) is 9.47 Å². The van der Waals surface area contributed by atoms with Gasteiger partial charge in [0.05, 0.1) is 0 Å². The third-order valence-electron chi connectivity index (χ3n) is 7.61. The zero-order valence-corrected chi connectivity index (χ0v) is 20.7. The van der Waals surface area contributed by atoms with Gasteiger partial charge < -0.3 is 9.47 Å². The summed E-state index contributed by atoms with van der Waals surface area (Å²) in [7, 11) is 0. The minimum atomic E-state index is -0.448. The van der Waals surface area contributed by atoms with Crippen LogP contribution in [0, 0.1) is 35.5 Å². The number of nitrogens with zero attached hydrogens (tertiary/aromatic N) is 1. The van der Waals surface area contributed by atoms with Gasteiger partial charge in [-0.2, -0.15) is 0 Å². The summed E-state index contributed by atoms with van der Waals surface area (Å²) in [5.41, 5.74) is 0.357. The fourth-order valence-electron chi connectivity index (χ4n) is 5.56. The minimum absolute atomic E-state index is 0.0980. The zero-order chi connectivity index (χ0) is 23.4. The van der Waals surface area contributed by atoms with E-state index in [1.54, 1.807) is 18.2 Å². The quantitative estimate of drug-likeness (QED) is 0.482. The third kappa shape index (κ3) is 6.11. The monoisotopic (exact) mass is 443 g/mol. The van der Waals surface area contributed by atoms with E-state index in [-0.39, 0.29) is 23.6 Å². The highest BCUT2D eigenvalue weighted by Crippen LogP contribution is 2.37. The highest BCUT2D eigenvalue weighted by Gasteiger charge is 2.35. The van der Waals surface area contributed by atoms with E-state index < -0.39 is 11.9 Å². The molecule has 0 aromatic carbocycles. The van der Waals surface area contributed by atoms with Crippen molar-refractivity contribution in [3.63, 3.8) is 0 Å². The maximum Gasteiger partial charge on any atom is 0.357 e. The van der Waals surface area contributed by atoms with Crippen molar-refractivity contribution < 1.29 is 19.1 Å². The van der Waals surface area contributed by atoms with Crippen LogP contribution in [-0.4, -0.2) is 29.1 Å². The topological polar surface area (TPSA) is 65.5 Å². The van der Waals surface area contributed by atoms with Gasteiger partial charge in [0.25, 0.3) is 0 Å². The van der Waals surface area contributed by atoms with Gasteiger partial charge in [-0.1, -0.05) is 60.5 Å². The smallest absolute Gasteiger partial charge is 0.357 e. The van der Waals surface area contributed by atoms with Gasteiger partial charge in [-0.15, -0.1) is 0 Å². The second-order valence-electron chi connectivity index (χ2n) is 10.9. The summed E-state index contributed by atoms with van der Waals surface area (Å²) in [6.45, 7) is 13.2. The Morgan fingerprint density at radius 2 is 1.19 bits per heavy atom. The van der Waals surface area contributed by atoms with Crippen molar-refractivity contribution in [3.05, 3.63) is 29.6 Å². The minimum Gasteiger partial charge on any atom is -0.457 e. The van der Waals surface area contributed by atoms with Crippen LogP contribution in [-0.2, 0) is 9.47 Å². The number of ether oxygens (including phenoxy) is 2. The van der Waals surface area contributed by atoms with E-state index in [1.807, 2.05) is 0 Å². The lowest BCUT2D eigenvalue weighted by Gasteiger charge is -2.36. The van der Waals surface area contributed by atoms with Gasteiger partial charge >= 0.3 is 11.9 Å². The average molecular weight is 444 g/mol. The maximum absolute atomic E-state index is 12.9. The molecule has 178 valence electrons. The maximum atomic E-state index is 12.9. The van der Waals surface area contributed by atoms with Gasteiger partial charge in [0, 0.05) is 0 Å². The molecule has 32 heavy (non-hydrogen) atoms. The molecule has 0 aliphatic heterocycles. The summed E-state index contributed by atoms with van der Waals surface area (Å²) >= 11 is 0. The van der Waals surface area contributed by atoms with Crippen molar-refractivity contribution >= 4 is 11.9 Å². The molecule has 6 atom stereocenters. The molecule has 2 aliphatic rings. The van der Waals surface area contributed by atoms with E-state index in [1.165, 1.54) is 12.8 Å². The van der Waals surface area contributed by atoms with Crippen LogP contribution in [0.25, 0.3) is 0 Å². The summed E-state index contributed by atoms with van der Waals surface area (Å²) in [6.07, 6.45) is 6.07. The third-order valence-corrected chi connectivity index (χ3v) is 7.61. The van der Waals surface area contributed by atoms with Gasteiger partial charge in [0.15, 0.2) is 0 Å². The van der Waals surface area contributed by atoms with Crippen molar-refractivity contribution in [3.8, 4) is 0 Å². The molecular formula is C27H41NO4. The molecule has 5 nitrogen and oxygen atoms in total. The van der Waals surface area contributed by atoms with Crippen LogP contribution in [0.5, 0.6) is 0 Å². The summed E-state index contributed by atoms with van der Waals surface area (Å²) in [6, 6.07) is 4.93. The fraction of sp³-hybridized carbons (Fsp3) is 0.741. The Bertz CT molecular complexity index is 728. The first-order valence-corrected chi connectivity index (χ1v) is 12.5. The molecule has 2 fully saturated rings. The first-order chi connectivity index (χ1) is 15.2. The molecule has 0 N–H and O–H groups in total. The molecule has 0 spiro atoms. The lowest BCUT2D eigenvalue weighted by Crippen LogP contribution is -2.36. The molecular weight excluding hydrogens is 402 g/mol. The molecule has 3 rings (SSSR count). The Morgan fingerprint density at radius 1 is 0.781 bits per heavy atom. The van der Waals surface area contributed by atoms with E-state index in [0.29, 0.717) is 35.5 Å². The van der Waals surface area contributed by atoms with Gasteiger partial charge in [0.1, 0.15) is 23.6 Å². The highest BCUT2D eigenvalue weighted by molar-refractivity contribution is 5.91. The highest BCUT2D eigenvalue weighted by atomic mass is 16.5. The Labute approximate surface area is 193 Å². The number of carbonyl (C=O) groups excluding carboxylic acids is 2. The van der Waals surface area contributed by atoms with Gasteiger partial charge in [-0.05, 0) is 73.3 Å². The molecule has 2 saturated carbocycles. The normalized spacial score (nSPS) is 30.9. The van der Waals surface area contributed by atoms with E-state index in [0.717, 1.165) is 25.7 Å². The second-order valence-corrected chi connectivity index (χ2v) is 10.9. The zero-order valence-electron chi connectivity index (χ0n) is 20.7. The van der Waals surface area contributed by atoms with Crippen molar-refractivity contribution in [2.75, 3.05) is 0 Å². The van der Waals surface area contributed by atoms with E-state index in [2.05, 4.69) is 46.5 Å². The van der Waals surface area contributed by atoms with E-state index >= 15 is 0 Å². The van der Waals surface area contributed by atoms with Crippen molar-refractivity contribution in [1.82, 2.24) is 4.98 Å². The summed E-state index contributed by atoms with van der Waals surface area (Å²) < 4.78 is 11.8. The Morgan fingerprint density at radius 3 is 1.56 bits per heavy atom. The fourth-order valence-corrected chi connectivity index (χ4v) is 5.56. The van der Waals surface area contributed by atoms with Crippen LogP contribution in [0.15, 0.2) is 18.2 Å². The molecule has 5 heteroatoms. The van der Waals surface area contributed by atoms with Crippen LogP contribution < -0.4 is 0 Å². The average Bonchev–Trinajstić information content (AvgIpc) is 2.73. The van der Waals surface area contributed by atoms with Gasteiger partial charge in [-0.3, -0.25) is 0 Å². The number of hydrogen-bond acceptors (Lipinski definition) is 5. The number of rotatable bonds is 6. The largest absolute Gasteiger partial charge is 0.457 e. The van der Waals surface area contributed by atoms with Crippen molar-refractivity contribution in [2.24, 2.45) is 35.5 Å². The summed E-state index contributed by atoms with van der Waals surface area (Å²) in [4.78, 5) is 30.1. The number of hydrogen-bond donors (Lipinski definition) is 0. The Hall–Kier alpha value is -1.91. The lowest BCUT2D eigenvalue weighted by atomic mass is 9.75. The van der Waals surface area contributed by atoms with Gasteiger partial charge in [0.2, 0.25) is 0 Å². The van der Waals surface area contributed by atoms with Crippen LogP contribution in [0.3, 0.4) is 0 Å². The number of carbonyl (C=O) groups is 2. The second kappa shape index (κ2) is 10.8. The van der Waals surface area contributed by atoms with Crippen LogP contribution >= 0.6 is 0 Å². The summed E-state index contributed by atoms with van der Waals surface area (Å²) in [5, 5.41) is 0. The molecule has 1 aromatic rings. The van der Waals surface area contributed by atoms with Crippen molar-refractivity contribution in [1.29, 1.82) is 0 Å². The van der Waals surface area contributed by atoms with Crippen LogP contribution in [0.2, 0.25) is 0 Å². The van der Waals surface area contributed by atoms with Crippen LogP contribution in [0.4, 0.5) is 0 Å². The number of pyridine rings is 1. The molecule has 0 radical (unpaired) electrons. The molecule has 0 unspecified atom stereocenters. The lowest BCUT2D eigenvalue weighted by molar-refractivity contribution is -0.0184. The first kappa shape index (κ1) is 24.7. The standard InChI is InChI=1S/C27H41NO4/c1-16(2)20-12-10-18(5)14-24(20)31-26(29)22-8-7-9-23(28-22)27(30)32-25-15-19(6)11-13-21(25)17(3)4/h7-9,16-21,24-25H,10-15H2,1-6H3/t18-,19-,20-,21-,24-,25-/m1/s1. The van der Waals surface area contributed by atoms with E-state index in [9.17, 15) is 9.59 Å². The molecule has 1 heterocycles. The molecule has 1 aromatic heterocycles. The molecule has 0 bridgehead atoms. The molecule has 2 aliphatic carbocycles. The van der Waals surface area contributed by atoms with Gasteiger partial charge in [-0.25, -0.2) is 14.6 Å². The first-order valence-electron chi connectivity index (χ1n) is 12.5. The molecule has 0 saturated heterocycles. The van der Waals surface area contributed by atoms with Crippen molar-refractivity contribution in [2.45, 2.75) is 92.3 Å². The SMILES string of the molecule is CC(C)[C@H]1CC[C@@H](C)C[C@H]1OC(=O)c1cccc(C(=O)O[C@@H]2C[C@H](C)CC[C@@H]2C(C)C)n1. The Balaban J connectivity index is 1.68. The summed E-state index contributed by atoms with van der Waals surface area (Å²) in [5.74, 6) is 1.84. The predicted molar refractivity (Wildman–Crippen MR) is 125 cm³/mol. The Kier molecular flexibility index (Phi) is 8.35. The molecule has 0 amide bonds.